The minimum atomic E-state index is -3.56. The molecule has 1 aromatic rings. The van der Waals surface area contributed by atoms with Crippen LogP contribution >= 0.6 is 0 Å². The highest BCUT2D eigenvalue weighted by molar-refractivity contribution is 7.89. The minimum absolute atomic E-state index is 0.00226. The van der Waals surface area contributed by atoms with Crippen molar-refractivity contribution in [3.05, 3.63) is 29.3 Å². The lowest BCUT2D eigenvalue weighted by molar-refractivity contribution is 0.0938. The SMILES string of the molecule is CC[C@@H](C)NC(=O)c1cc(S(=O)(=O)N2CCCC[C@H]2C)ccc1C. The van der Waals surface area contributed by atoms with Gasteiger partial charge in [0.2, 0.25) is 10.0 Å². The van der Waals surface area contributed by atoms with Crippen LogP contribution in [-0.2, 0) is 10.0 Å². The number of nitrogens with one attached hydrogen (secondary N) is 1. The van der Waals surface area contributed by atoms with Gasteiger partial charge in [-0.1, -0.05) is 19.4 Å². The summed E-state index contributed by atoms with van der Waals surface area (Å²) in [7, 11) is -3.56. The van der Waals surface area contributed by atoms with Crippen LogP contribution in [0.2, 0.25) is 0 Å². The van der Waals surface area contributed by atoms with Crippen LogP contribution in [0, 0.1) is 6.92 Å². The number of benzene rings is 1. The van der Waals surface area contributed by atoms with E-state index in [4.69, 9.17) is 0 Å². The summed E-state index contributed by atoms with van der Waals surface area (Å²) in [5.41, 5.74) is 1.21. The van der Waals surface area contributed by atoms with Gasteiger partial charge in [0.15, 0.2) is 0 Å². The molecule has 0 aliphatic carbocycles. The molecule has 5 nitrogen and oxygen atoms in total. The number of piperidine rings is 1. The number of carbonyl (C=O) groups is 1. The lowest BCUT2D eigenvalue weighted by Crippen LogP contribution is -2.42. The molecular formula is C18H28N2O3S. The van der Waals surface area contributed by atoms with E-state index in [2.05, 4.69) is 5.32 Å². The number of amides is 1. The van der Waals surface area contributed by atoms with Gasteiger partial charge in [-0.2, -0.15) is 4.31 Å². The molecule has 2 rings (SSSR count). The van der Waals surface area contributed by atoms with Crippen molar-refractivity contribution in [3.63, 3.8) is 0 Å². The zero-order valence-electron chi connectivity index (χ0n) is 15.0. The molecule has 0 bridgehead atoms. The van der Waals surface area contributed by atoms with Crippen LogP contribution in [0.1, 0.15) is 62.4 Å². The van der Waals surface area contributed by atoms with Crippen LogP contribution in [0.3, 0.4) is 0 Å². The summed E-state index contributed by atoms with van der Waals surface area (Å²) in [6.45, 7) is 8.25. The van der Waals surface area contributed by atoms with Gasteiger partial charge in [0.25, 0.3) is 5.91 Å². The van der Waals surface area contributed by atoms with E-state index in [1.807, 2.05) is 27.7 Å². The largest absolute Gasteiger partial charge is 0.350 e. The van der Waals surface area contributed by atoms with E-state index in [-0.39, 0.29) is 22.9 Å². The maximum Gasteiger partial charge on any atom is 0.251 e. The molecule has 1 saturated heterocycles. The summed E-state index contributed by atoms with van der Waals surface area (Å²) in [6.07, 6.45) is 3.65. The molecule has 2 atom stereocenters. The van der Waals surface area contributed by atoms with E-state index in [1.165, 1.54) is 6.07 Å². The topological polar surface area (TPSA) is 66.5 Å². The van der Waals surface area contributed by atoms with Gasteiger partial charge in [-0.25, -0.2) is 8.42 Å². The van der Waals surface area contributed by atoms with Gasteiger partial charge in [-0.3, -0.25) is 4.79 Å². The first-order chi connectivity index (χ1) is 11.3. The normalized spacial score (nSPS) is 20.6. The third-order valence-corrected chi connectivity index (χ3v) is 6.80. The quantitative estimate of drug-likeness (QED) is 0.885. The molecule has 0 unspecified atom stereocenters. The second-order valence-electron chi connectivity index (χ2n) is 6.72. The van der Waals surface area contributed by atoms with Gasteiger partial charge >= 0.3 is 0 Å². The molecule has 0 radical (unpaired) electrons. The van der Waals surface area contributed by atoms with Crippen molar-refractivity contribution in [1.29, 1.82) is 0 Å². The van der Waals surface area contributed by atoms with Crippen LogP contribution in [0.25, 0.3) is 0 Å². The Morgan fingerprint density at radius 3 is 2.71 bits per heavy atom. The molecule has 1 amide bonds. The number of aryl methyl sites for hydroxylation is 1. The Bertz CT molecular complexity index is 700. The van der Waals surface area contributed by atoms with Crippen molar-refractivity contribution in [2.75, 3.05) is 6.54 Å². The number of sulfonamides is 1. The van der Waals surface area contributed by atoms with Gasteiger partial charge < -0.3 is 5.32 Å². The average molecular weight is 353 g/mol. The first-order valence-electron chi connectivity index (χ1n) is 8.70. The molecule has 0 saturated carbocycles. The standard InChI is InChI=1S/C18H28N2O3S/c1-5-14(3)19-18(21)17-12-16(10-9-13(17)2)24(22,23)20-11-7-6-8-15(20)4/h9-10,12,14-15H,5-8,11H2,1-4H3,(H,19,21)/t14-,15-/m1/s1. The van der Waals surface area contributed by atoms with Crippen LogP contribution in [0.15, 0.2) is 23.1 Å². The summed E-state index contributed by atoms with van der Waals surface area (Å²) in [4.78, 5) is 12.6. The lowest BCUT2D eigenvalue weighted by Gasteiger charge is -2.32. The highest BCUT2D eigenvalue weighted by Gasteiger charge is 2.31. The first kappa shape index (κ1) is 18.9. The summed E-state index contributed by atoms with van der Waals surface area (Å²) >= 11 is 0. The highest BCUT2D eigenvalue weighted by atomic mass is 32.2. The second kappa shape index (κ2) is 7.66. The number of rotatable bonds is 5. The number of nitrogens with zero attached hydrogens (tertiary/aromatic N) is 1. The molecule has 1 fully saturated rings. The number of hydrogen-bond donors (Lipinski definition) is 1. The third kappa shape index (κ3) is 3.98. The fraction of sp³-hybridized carbons (Fsp3) is 0.611. The Labute approximate surface area is 145 Å². The fourth-order valence-electron chi connectivity index (χ4n) is 2.97. The van der Waals surface area contributed by atoms with Crippen molar-refractivity contribution in [3.8, 4) is 0 Å². The molecule has 6 heteroatoms. The maximum atomic E-state index is 13.0. The molecular weight excluding hydrogens is 324 g/mol. The van der Waals surface area contributed by atoms with Gasteiger partial charge in [0, 0.05) is 24.2 Å². The molecule has 1 aliphatic heterocycles. The zero-order valence-corrected chi connectivity index (χ0v) is 15.8. The predicted molar refractivity (Wildman–Crippen MR) is 95.6 cm³/mol. The summed E-state index contributed by atoms with van der Waals surface area (Å²) in [5, 5.41) is 2.91. The van der Waals surface area contributed by atoms with Crippen molar-refractivity contribution >= 4 is 15.9 Å². The van der Waals surface area contributed by atoms with Crippen LogP contribution in [0.5, 0.6) is 0 Å². The van der Waals surface area contributed by atoms with Gasteiger partial charge in [-0.05, 0) is 57.7 Å². The predicted octanol–water partition coefficient (Wildman–Crippen LogP) is 3.09. The molecule has 1 N–H and O–H groups in total. The van der Waals surface area contributed by atoms with Crippen LogP contribution in [0.4, 0.5) is 0 Å². The van der Waals surface area contributed by atoms with Crippen molar-refractivity contribution in [1.82, 2.24) is 9.62 Å². The smallest absolute Gasteiger partial charge is 0.251 e. The van der Waals surface area contributed by atoms with Gasteiger partial charge in [0.05, 0.1) is 4.90 Å². The number of carbonyl (C=O) groups excluding carboxylic acids is 1. The Kier molecular flexibility index (Phi) is 6.04. The second-order valence-corrected chi connectivity index (χ2v) is 8.61. The van der Waals surface area contributed by atoms with Crippen LogP contribution in [-0.4, -0.2) is 37.3 Å². The van der Waals surface area contributed by atoms with E-state index in [0.29, 0.717) is 12.1 Å². The fourth-order valence-corrected chi connectivity index (χ4v) is 4.70. The lowest BCUT2D eigenvalue weighted by atomic mass is 10.1. The Morgan fingerprint density at radius 1 is 1.38 bits per heavy atom. The third-order valence-electron chi connectivity index (χ3n) is 4.79. The van der Waals surface area contributed by atoms with Gasteiger partial charge in [-0.15, -0.1) is 0 Å². The van der Waals surface area contributed by atoms with Crippen molar-refractivity contribution in [2.45, 2.75) is 70.4 Å². The van der Waals surface area contributed by atoms with Gasteiger partial charge in [0.1, 0.15) is 0 Å². The highest BCUT2D eigenvalue weighted by Crippen LogP contribution is 2.26. The summed E-state index contributed by atoms with van der Waals surface area (Å²) in [5.74, 6) is -0.217. The van der Waals surface area contributed by atoms with Crippen molar-refractivity contribution < 1.29 is 13.2 Å². The molecule has 1 aliphatic rings. The van der Waals surface area contributed by atoms with E-state index < -0.39 is 10.0 Å². The molecule has 1 heterocycles. The zero-order chi connectivity index (χ0) is 17.9. The van der Waals surface area contributed by atoms with E-state index >= 15 is 0 Å². The first-order valence-corrected chi connectivity index (χ1v) is 10.1. The van der Waals surface area contributed by atoms with E-state index in [9.17, 15) is 13.2 Å². The summed E-state index contributed by atoms with van der Waals surface area (Å²) < 4.78 is 27.5. The maximum absolute atomic E-state index is 13.0. The molecule has 1 aromatic carbocycles. The summed E-state index contributed by atoms with van der Waals surface area (Å²) in [6, 6.07) is 4.89. The Hall–Kier alpha value is -1.40. The molecule has 134 valence electrons. The monoisotopic (exact) mass is 352 g/mol. The Morgan fingerprint density at radius 2 is 2.08 bits per heavy atom. The van der Waals surface area contributed by atoms with Crippen molar-refractivity contribution in [2.24, 2.45) is 0 Å². The molecule has 0 aromatic heterocycles. The molecule has 24 heavy (non-hydrogen) atoms. The molecule has 0 spiro atoms. The van der Waals surface area contributed by atoms with E-state index in [1.54, 1.807) is 16.4 Å². The van der Waals surface area contributed by atoms with E-state index in [0.717, 1.165) is 31.2 Å². The average Bonchev–Trinajstić information content (AvgIpc) is 2.55. The minimum Gasteiger partial charge on any atom is -0.350 e. The van der Waals surface area contributed by atoms with Crippen LogP contribution < -0.4 is 5.32 Å². The number of hydrogen-bond acceptors (Lipinski definition) is 3. The Balaban J connectivity index is 2.34.